The van der Waals surface area contributed by atoms with E-state index < -0.39 is 10.0 Å². The van der Waals surface area contributed by atoms with Crippen molar-refractivity contribution in [1.29, 1.82) is 0 Å². The first-order valence-electron chi connectivity index (χ1n) is 5.92. The molecule has 6 heteroatoms. The summed E-state index contributed by atoms with van der Waals surface area (Å²) in [5, 5.41) is 3.51. The summed E-state index contributed by atoms with van der Waals surface area (Å²) in [6.45, 7) is 5.35. The summed E-state index contributed by atoms with van der Waals surface area (Å²) in [5.74, 6) is 0.0880. The van der Waals surface area contributed by atoms with Crippen molar-refractivity contribution in [2.75, 3.05) is 23.6 Å². The molecule has 0 radical (unpaired) electrons. The van der Waals surface area contributed by atoms with E-state index in [1.807, 2.05) is 19.9 Å². The van der Waals surface area contributed by atoms with Gasteiger partial charge in [-0.25, -0.2) is 8.42 Å². The maximum atomic E-state index is 11.9. The Labute approximate surface area is 114 Å². The van der Waals surface area contributed by atoms with Crippen LogP contribution in [0.15, 0.2) is 18.2 Å². The Balaban J connectivity index is 2.65. The van der Waals surface area contributed by atoms with E-state index in [-0.39, 0.29) is 5.75 Å². The van der Waals surface area contributed by atoms with Crippen LogP contribution in [0, 0.1) is 6.92 Å². The summed E-state index contributed by atoms with van der Waals surface area (Å²) in [6, 6.07) is 5.29. The molecule has 1 rings (SSSR count). The molecule has 0 saturated heterocycles. The van der Waals surface area contributed by atoms with Crippen molar-refractivity contribution in [2.24, 2.45) is 0 Å². The molecule has 2 N–H and O–H groups in total. The fraction of sp³-hybridized carbons (Fsp3) is 0.500. The summed E-state index contributed by atoms with van der Waals surface area (Å²) in [6.07, 6.45) is 0.576. The van der Waals surface area contributed by atoms with E-state index in [0.29, 0.717) is 23.7 Å². The number of rotatable bonds is 7. The van der Waals surface area contributed by atoms with Crippen LogP contribution < -0.4 is 10.0 Å². The maximum absolute atomic E-state index is 11.9. The summed E-state index contributed by atoms with van der Waals surface area (Å²) < 4.78 is 26.3. The molecule has 0 spiro atoms. The first kappa shape index (κ1) is 15.3. The molecule has 0 heterocycles. The van der Waals surface area contributed by atoms with Gasteiger partial charge in [0.1, 0.15) is 0 Å². The predicted octanol–water partition coefficient (Wildman–Crippen LogP) is 2.39. The third-order valence-electron chi connectivity index (χ3n) is 2.50. The van der Waals surface area contributed by atoms with Gasteiger partial charge in [-0.15, -0.1) is 0 Å². The average Bonchev–Trinajstić information content (AvgIpc) is 2.30. The van der Waals surface area contributed by atoms with Crippen LogP contribution in [0.3, 0.4) is 0 Å². The average molecular weight is 291 g/mol. The van der Waals surface area contributed by atoms with Crippen molar-refractivity contribution in [1.82, 2.24) is 5.32 Å². The van der Waals surface area contributed by atoms with Gasteiger partial charge < -0.3 is 5.32 Å². The highest BCUT2D eigenvalue weighted by atomic mass is 35.5. The second-order valence-electron chi connectivity index (χ2n) is 4.06. The van der Waals surface area contributed by atoms with Crippen LogP contribution in [-0.4, -0.2) is 27.3 Å². The monoisotopic (exact) mass is 290 g/mol. The second-order valence-corrected chi connectivity index (χ2v) is 6.31. The summed E-state index contributed by atoms with van der Waals surface area (Å²) in [7, 11) is -3.33. The van der Waals surface area contributed by atoms with E-state index in [4.69, 9.17) is 11.6 Å². The molecule has 0 fully saturated rings. The van der Waals surface area contributed by atoms with Gasteiger partial charge in [0.25, 0.3) is 0 Å². The van der Waals surface area contributed by atoms with Gasteiger partial charge in [0.2, 0.25) is 10.0 Å². The lowest BCUT2D eigenvalue weighted by atomic mass is 10.2. The minimum atomic E-state index is -3.33. The van der Waals surface area contributed by atoms with Crippen molar-refractivity contribution in [3.8, 4) is 0 Å². The lowest BCUT2D eigenvalue weighted by Crippen LogP contribution is -2.22. The summed E-state index contributed by atoms with van der Waals surface area (Å²) >= 11 is 5.98. The Morgan fingerprint density at radius 1 is 1.33 bits per heavy atom. The topological polar surface area (TPSA) is 58.2 Å². The minimum Gasteiger partial charge on any atom is -0.317 e. The van der Waals surface area contributed by atoms with Gasteiger partial charge in [0.05, 0.1) is 16.5 Å². The molecule has 4 nitrogen and oxygen atoms in total. The van der Waals surface area contributed by atoms with Crippen LogP contribution in [0.5, 0.6) is 0 Å². The van der Waals surface area contributed by atoms with Crippen LogP contribution >= 0.6 is 11.6 Å². The van der Waals surface area contributed by atoms with Crippen molar-refractivity contribution in [3.63, 3.8) is 0 Å². The number of benzene rings is 1. The van der Waals surface area contributed by atoms with E-state index in [0.717, 1.165) is 12.1 Å². The van der Waals surface area contributed by atoms with Crippen molar-refractivity contribution in [3.05, 3.63) is 28.8 Å². The third kappa shape index (κ3) is 4.84. The number of aryl methyl sites for hydroxylation is 1. The smallest absolute Gasteiger partial charge is 0.232 e. The molecule has 102 valence electrons. The highest BCUT2D eigenvalue weighted by molar-refractivity contribution is 7.92. The third-order valence-corrected chi connectivity index (χ3v) is 4.15. The van der Waals surface area contributed by atoms with Gasteiger partial charge in [0, 0.05) is 0 Å². The first-order chi connectivity index (χ1) is 8.46. The zero-order chi connectivity index (χ0) is 13.6. The van der Waals surface area contributed by atoms with Crippen LogP contribution in [0.4, 0.5) is 5.69 Å². The second kappa shape index (κ2) is 6.97. The number of hydrogen-bond acceptors (Lipinski definition) is 3. The Bertz CT molecular complexity index is 469. The van der Waals surface area contributed by atoms with E-state index in [1.165, 1.54) is 0 Å². The van der Waals surface area contributed by atoms with E-state index in [1.54, 1.807) is 12.1 Å². The molecule has 0 unspecified atom stereocenters. The van der Waals surface area contributed by atoms with Gasteiger partial charge in [-0.2, -0.15) is 0 Å². The van der Waals surface area contributed by atoms with Crippen LogP contribution in [0.2, 0.25) is 5.02 Å². The van der Waals surface area contributed by atoms with Crippen LogP contribution in [0.25, 0.3) is 0 Å². The molecule has 0 aliphatic carbocycles. The van der Waals surface area contributed by atoms with Gasteiger partial charge in [-0.05, 0) is 38.1 Å². The Morgan fingerprint density at radius 3 is 2.67 bits per heavy atom. The van der Waals surface area contributed by atoms with E-state index in [2.05, 4.69) is 10.0 Å². The fourth-order valence-electron chi connectivity index (χ4n) is 1.53. The zero-order valence-corrected chi connectivity index (χ0v) is 12.2. The number of nitrogens with one attached hydrogen (secondary N) is 2. The van der Waals surface area contributed by atoms with Crippen molar-refractivity contribution in [2.45, 2.75) is 20.3 Å². The van der Waals surface area contributed by atoms with Gasteiger partial charge in [-0.3, -0.25) is 4.72 Å². The molecule has 18 heavy (non-hydrogen) atoms. The summed E-state index contributed by atoms with van der Waals surface area (Å²) in [5.41, 5.74) is 1.29. The molecule has 0 saturated carbocycles. The SMILES string of the molecule is CCNCCCS(=O)(=O)Nc1c(C)cccc1Cl. The summed E-state index contributed by atoms with van der Waals surface area (Å²) in [4.78, 5) is 0. The lowest BCUT2D eigenvalue weighted by Gasteiger charge is -2.12. The van der Waals surface area contributed by atoms with Gasteiger partial charge >= 0.3 is 0 Å². The van der Waals surface area contributed by atoms with Gasteiger partial charge in [-0.1, -0.05) is 30.7 Å². The molecule has 1 aromatic rings. The molecular weight excluding hydrogens is 272 g/mol. The largest absolute Gasteiger partial charge is 0.317 e. The fourth-order valence-corrected chi connectivity index (χ4v) is 3.07. The Kier molecular flexibility index (Phi) is 5.91. The van der Waals surface area contributed by atoms with Crippen LogP contribution in [0.1, 0.15) is 18.9 Å². The molecule has 0 aliphatic rings. The quantitative estimate of drug-likeness (QED) is 0.758. The van der Waals surface area contributed by atoms with Crippen molar-refractivity contribution < 1.29 is 8.42 Å². The molecule has 0 atom stereocenters. The molecule has 0 bridgehead atoms. The molecular formula is C12H19ClN2O2S. The highest BCUT2D eigenvalue weighted by Gasteiger charge is 2.13. The van der Waals surface area contributed by atoms with E-state index >= 15 is 0 Å². The van der Waals surface area contributed by atoms with Crippen LogP contribution in [-0.2, 0) is 10.0 Å². The molecule has 0 aliphatic heterocycles. The Hall–Kier alpha value is -0.780. The molecule has 0 aromatic heterocycles. The number of para-hydroxylation sites is 1. The Morgan fingerprint density at radius 2 is 2.06 bits per heavy atom. The zero-order valence-electron chi connectivity index (χ0n) is 10.7. The lowest BCUT2D eigenvalue weighted by molar-refractivity contribution is 0.595. The normalized spacial score (nSPS) is 11.5. The van der Waals surface area contributed by atoms with Crippen molar-refractivity contribution >= 4 is 27.3 Å². The maximum Gasteiger partial charge on any atom is 0.232 e. The van der Waals surface area contributed by atoms with Gasteiger partial charge in [0.15, 0.2) is 0 Å². The molecule has 1 aromatic carbocycles. The number of hydrogen-bond donors (Lipinski definition) is 2. The standard InChI is InChI=1S/C12H19ClN2O2S/c1-3-14-8-5-9-18(16,17)15-12-10(2)6-4-7-11(12)13/h4,6-7,14-15H,3,5,8-9H2,1-2H3. The minimum absolute atomic E-state index is 0.0880. The number of sulfonamides is 1. The first-order valence-corrected chi connectivity index (χ1v) is 7.95. The predicted molar refractivity (Wildman–Crippen MR) is 76.8 cm³/mol. The highest BCUT2D eigenvalue weighted by Crippen LogP contribution is 2.26. The molecule has 0 amide bonds. The number of halogens is 1. The number of anilines is 1. The van der Waals surface area contributed by atoms with E-state index in [9.17, 15) is 8.42 Å².